The summed E-state index contributed by atoms with van der Waals surface area (Å²) in [7, 11) is 0. The highest BCUT2D eigenvalue weighted by Gasteiger charge is 2.39. The van der Waals surface area contributed by atoms with Gasteiger partial charge in [0.15, 0.2) is 0 Å². The van der Waals surface area contributed by atoms with Crippen LogP contribution in [0.4, 0.5) is 5.69 Å². The zero-order valence-corrected chi connectivity index (χ0v) is 35.4. The van der Waals surface area contributed by atoms with Gasteiger partial charge < -0.3 is 15.1 Å². The van der Waals surface area contributed by atoms with Gasteiger partial charge in [-0.3, -0.25) is 34.4 Å². The number of halogens is 2. The number of rotatable bonds is 14. The Hall–Kier alpha value is -4.65. The lowest BCUT2D eigenvalue weighted by atomic mass is 9.94. The van der Waals surface area contributed by atoms with Gasteiger partial charge in [-0.05, 0) is 113 Å². The first kappa shape index (κ1) is 41.5. The molecule has 2 atom stereocenters. The van der Waals surface area contributed by atoms with Crippen molar-refractivity contribution < 1.29 is 19.3 Å². The maximum Gasteiger partial charge on any atom is 0.275 e. The number of nitrogens with zero attached hydrogens (tertiary/aromatic N) is 5. The minimum Gasteiger partial charge on any atom is -0.349 e. The smallest absolute Gasteiger partial charge is 0.275 e. The molecule has 2 fully saturated rings. The van der Waals surface area contributed by atoms with Crippen LogP contribution < -0.4 is 5.32 Å². The molecule has 1 saturated heterocycles. The summed E-state index contributed by atoms with van der Waals surface area (Å²) in [6.45, 7) is 5.87. The second-order valence-electron chi connectivity index (χ2n) is 15.9. The van der Waals surface area contributed by atoms with Crippen molar-refractivity contribution >= 4 is 50.9 Å². The molecule has 58 heavy (non-hydrogen) atoms. The van der Waals surface area contributed by atoms with Crippen molar-refractivity contribution in [1.82, 2.24) is 25.0 Å². The molecule has 1 saturated carbocycles. The van der Waals surface area contributed by atoms with Gasteiger partial charge in [-0.1, -0.05) is 61.8 Å². The fourth-order valence-electron chi connectivity index (χ4n) is 8.44. The lowest BCUT2D eigenvalue weighted by Crippen LogP contribution is -2.57. The number of aryl methyl sites for hydroxylation is 2. The molecule has 3 aliphatic rings. The molecule has 1 aromatic heterocycles. The number of piperazine rings is 1. The number of nitrogens with one attached hydrogen (secondary N) is 1. The number of pyridine rings is 1. The summed E-state index contributed by atoms with van der Waals surface area (Å²) in [6, 6.07) is 21.6. The van der Waals surface area contributed by atoms with Crippen LogP contribution in [0.3, 0.4) is 0 Å². The molecule has 1 aliphatic heterocycles. The highest BCUT2D eigenvalue weighted by atomic mass is 79.9. The lowest BCUT2D eigenvalue weighted by Gasteiger charge is -2.45. The summed E-state index contributed by atoms with van der Waals surface area (Å²) in [5, 5.41) is 16.1. The van der Waals surface area contributed by atoms with E-state index in [1.807, 2.05) is 67.4 Å². The van der Waals surface area contributed by atoms with Crippen molar-refractivity contribution in [3.63, 3.8) is 0 Å². The Kier molecular flexibility index (Phi) is 13.2. The van der Waals surface area contributed by atoms with Crippen LogP contribution in [0, 0.1) is 16.0 Å². The van der Waals surface area contributed by atoms with Gasteiger partial charge in [-0.25, -0.2) is 0 Å². The van der Waals surface area contributed by atoms with Gasteiger partial charge in [0, 0.05) is 71.5 Å². The standard InChI is InChI=1S/C45H50BrClN6O5/c1-3-37(4-2)49-45(56)33-14-15-34(40(23-33)53(57)58)27-51(26-30-10-11-30)41(54)24-38-28-50(18-19-52(38)42(55)20-29-8-6-5-7-9-29)44-39-17-16-36(47)22-31(39)12-13-32-21-35(46)25-48-43(32)44/h5-9,14-17,21-23,25,30,37-38,44H,3-4,10-13,18-20,24,26-28H2,1-2H3,(H,49,56). The van der Waals surface area contributed by atoms with Crippen molar-refractivity contribution in [2.75, 3.05) is 26.2 Å². The number of hydrogen-bond donors (Lipinski definition) is 1. The summed E-state index contributed by atoms with van der Waals surface area (Å²) >= 11 is 10.2. The second kappa shape index (κ2) is 18.5. The average Bonchev–Trinajstić information content (AvgIpc) is 4.06. The van der Waals surface area contributed by atoms with Gasteiger partial charge in [0.05, 0.1) is 35.7 Å². The minimum absolute atomic E-state index is 0.0252. The van der Waals surface area contributed by atoms with Crippen molar-refractivity contribution in [3.8, 4) is 0 Å². The van der Waals surface area contributed by atoms with Crippen LogP contribution in [0.15, 0.2) is 83.5 Å². The predicted molar refractivity (Wildman–Crippen MR) is 228 cm³/mol. The molecule has 2 unspecified atom stereocenters. The third-order valence-electron chi connectivity index (χ3n) is 11.9. The van der Waals surface area contributed by atoms with E-state index < -0.39 is 11.0 Å². The fourth-order valence-corrected chi connectivity index (χ4v) is 9.02. The molecule has 304 valence electrons. The molecular formula is C45H50BrClN6O5. The molecule has 0 bridgehead atoms. The van der Waals surface area contributed by atoms with E-state index in [0.717, 1.165) is 70.9 Å². The molecule has 2 heterocycles. The van der Waals surface area contributed by atoms with Crippen LogP contribution in [-0.2, 0) is 35.4 Å². The topological polar surface area (TPSA) is 129 Å². The molecular weight excluding hydrogens is 820 g/mol. The third-order valence-corrected chi connectivity index (χ3v) is 12.5. The molecule has 0 spiro atoms. The quantitative estimate of drug-likeness (QED) is 0.100. The predicted octanol–water partition coefficient (Wildman–Crippen LogP) is 8.10. The Balaban J connectivity index is 1.19. The van der Waals surface area contributed by atoms with Crippen LogP contribution in [0.2, 0.25) is 5.02 Å². The number of carbonyl (C=O) groups is 3. The first-order valence-corrected chi connectivity index (χ1v) is 21.5. The molecule has 4 aromatic rings. The first-order chi connectivity index (χ1) is 28.0. The van der Waals surface area contributed by atoms with Crippen LogP contribution in [0.5, 0.6) is 0 Å². The number of hydrogen-bond acceptors (Lipinski definition) is 7. The largest absolute Gasteiger partial charge is 0.349 e. The Bertz CT molecular complexity index is 2110. The minimum atomic E-state index is -0.478. The SMILES string of the molecule is CCC(CC)NC(=O)c1ccc(CN(CC2CC2)C(=O)CC2CN(C3c4ccc(Cl)cc4CCc4cc(Br)cnc43)CCN2C(=O)Cc2ccccc2)c([N+](=O)[O-])c1. The molecule has 11 nitrogen and oxygen atoms in total. The van der Waals surface area contributed by atoms with E-state index in [0.29, 0.717) is 42.7 Å². The van der Waals surface area contributed by atoms with E-state index in [2.05, 4.69) is 38.3 Å². The highest BCUT2D eigenvalue weighted by Crippen LogP contribution is 2.39. The van der Waals surface area contributed by atoms with Crippen LogP contribution in [-0.4, -0.2) is 80.6 Å². The van der Waals surface area contributed by atoms with Crippen molar-refractivity contribution in [1.29, 1.82) is 0 Å². The van der Waals surface area contributed by atoms with E-state index >= 15 is 0 Å². The monoisotopic (exact) mass is 868 g/mol. The summed E-state index contributed by atoms with van der Waals surface area (Å²) in [5.41, 5.74) is 5.64. The van der Waals surface area contributed by atoms with Gasteiger partial charge in [-0.2, -0.15) is 0 Å². The Morgan fingerprint density at radius 3 is 2.48 bits per heavy atom. The maximum atomic E-state index is 14.7. The number of aromatic nitrogens is 1. The molecule has 7 rings (SSSR count). The van der Waals surface area contributed by atoms with Crippen LogP contribution >= 0.6 is 27.5 Å². The molecule has 2 aliphatic carbocycles. The zero-order valence-electron chi connectivity index (χ0n) is 33.0. The summed E-state index contributed by atoms with van der Waals surface area (Å²) in [4.78, 5) is 64.7. The Morgan fingerprint density at radius 1 is 1.00 bits per heavy atom. The normalized spacial score (nSPS) is 17.9. The van der Waals surface area contributed by atoms with E-state index in [1.165, 1.54) is 6.07 Å². The van der Waals surface area contributed by atoms with Gasteiger partial charge in [0.1, 0.15) is 0 Å². The summed E-state index contributed by atoms with van der Waals surface area (Å²) < 4.78 is 0.907. The average molecular weight is 870 g/mol. The van der Waals surface area contributed by atoms with E-state index in [9.17, 15) is 24.5 Å². The Labute approximate surface area is 353 Å². The maximum absolute atomic E-state index is 14.7. The van der Waals surface area contributed by atoms with E-state index in [4.69, 9.17) is 16.6 Å². The first-order valence-electron chi connectivity index (χ1n) is 20.4. The van der Waals surface area contributed by atoms with Crippen molar-refractivity contribution in [3.05, 3.63) is 138 Å². The number of nitro benzene ring substituents is 1. The van der Waals surface area contributed by atoms with E-state index in [-0.39, 0.29) is 60.4 Å². The summed E-state index contributed by atoms with van der Waals surface area (Å²) in [6.07, 6.45) is 7.16. The van der Waals surface area contributed by atoms with Crippen molar-refractivity contribution in [2.45, 2.75) is 89.9 Å². The van der Waals surface area contributed by atoms with Crippen molar-refractivity contribution in [2.24, 2.45) is 5.92 Å². The fraction of sp³-hybridized carbons (Fsp3) is 0.422. The number of amides is 3. The zero-order chi connectivity index (χ0) is 40.9. The molecule has 0 radical (unpaired) electrons. The van der Waals surface area contributed by atoms with Crippen LogP contribution in [0.25, 0.3) is 0 Å². The van der Waals surface area contributed by atoms with Gasteiger partial charge in [0.25, 0.3) is 11.6 Å². The highest BCUT2D eigenvalue weighted by molar-refractivity contribution is 9.10. The van der Waals surface area contributed by atoms with Gasteiger partial charge >= 0.3 is 0 Å². The number of carbonyl (C=O) groups excluding carboxylic acids is 3. The lowest BCUT2D eigenvalue weighted by molar-refractivity contribution is -0.385. The molecule has 1 N–H and O–H groups in total. The number of benzene rings is 3. The molecule has 13 heteroatoms. The number of nitro groups is 1. The second-order valence-corrected chi connectivity index (χ2v) is 17.2. The summed E-state index contributed by atoms with van der Waals surface area (Å²) in [5.74, 6) is -0.272. The van der Waals surface area contributed by atoms with E-state index in [1.54, 1.807) is 17.0 Å². The Morgan fingerprint density at radius 2 is 1.76 bits per heavy atom. The molecule has 3 amide bonds. The third kappa shape index (κ3) is 9.78. The molecule has 3 aromatic carbocycles. The number of fused-ring (bicyclic) bond motifs is 2. The van der Waals surface area contributed by atoms with Gasteiger partial charge in [0.2, 0.25) is 11.8 Å². The van der Waals surface area contributed by atoms with Crippen LogP contribution in [0.1, 0.15) is 95.9 Å². The van der Waals surface area contributed by atoms with Gasteiger partial charge in [-0.15, -0.1) is 0 Å².